The van der Waals surface area contributed by atoms with Crippen LogP contribution in [0.1, 0.15) is 30.1 Å². The van der Waals surface area contributed by atoms with Gasteiger partial charge in [0, 0.05) is 24.3 Å². The number of rotatable bonds is 4. The van der Waals surface area contributed by atoms with Crippen molar-refractivity contribution in [3.05, 3.63) is 48.0 Å². The summed E-state index contributed by atoms with van der Waals surface area (Å²) in [5, 5.41) is 3.55. The van der Waals surface area contributed by atoms with Crippen LogP contribution in [0, 0.1) is 0 Å². The molecular formula is C15H17N3O. The minimum absolute atomic E-state index is 0.259. The predicted molar refractivity (Wildman–Crippen MR) is 72.2 cm³/mol. The van der Waals surface area contributed by atoms with Gasteiger partial charge in [0.2, 0.25) is 0 Å². The van der Waals surface area contributed by atoms with E-state index in [0.29, 0.717) is 6.61 Å². The number of hydrogen-bond acceptors (Lipinski definition) is 3. The molecule has 1 aromatic carbocycles. The molecule has 98 valence electrons. The molecule has 0 saturated heterocycles. The molecular weight excluding hydrogens is 238 g/mol. The van der Waals surface area contributed by atoms with Gasteiger partial charge in [-0.25, -0.2) is 4.98 Å². The highest BCUT2D eigenvalue weighted by Crippen LogP contribution is 2.35. The highest BCUT2D eigenvalue weighted by Gasteiger charge is 2.27. The van der Waals surface area contributed by atoms with E-state index in [9.17, 15) is 0 Å². The highest BCUT2D eigenvalue weighted by molar-refractivity contribution is 5.40. The van der Waals surface area contributed by atoms with Crippen LogP contribution in [0.2, 0.25) is 0 Å². The summed E-state index contributed by atoms with van der Waals surface area (Å²) in [4.78, 5) is 4.31. The van der Waals surface area contributed by atoms with Crippen molar-refractivity contribution in [2.24, 2.45) is 0 Å². The van der Waals surface area contributed by atoms with E-state index in [4.69, 9.17) is 4.74 Å². The second kappa shape index (κ2) is 4.38. The SMILES string of the molecule is c1ccc2c(c1)OCC2n1cncc1CNC1CC1. The van der Waals surface area contributed by atoms with E-state index in [1.807, 2.05) is 24.7 Å². The Hall–Kier alpha value is -1.81. The molecule has 0 radical (unpaired) electrons. The lowest BCUT2D eigenvalue weighted by Gasteiger charge is -2.15. The molecule has 2 aliphatic rings. The molecule has 4 heteroatoms. The zero-order valence-corrected chi connectivity index (χ0v) is 10.7. The third kappa shape index (κ3) is 2.02. The minimum Gasteiger partial charge on any atom is -0.491 e. The summed E-state index contributed by atoms with van der Waals surface area (Å²) in [6, 6.07) is 9.24. The number of benzene rings is 1. The molecule has 1 atom stereocenters. The van der Waals surface area contributed by atoms with Crippen LogP contribution < -0.4 is 10.1 Å². The summed E-state index contributed by atoms with van der Waals surface area (Å²) in [5.74, 6) is 1.00. The van der Waals surface area contributed by atoms with Gasteiger partial charge in [-0.3, -0.25) is 0 Å². The van der Waals surface area contributed by atoms with Gasteiger partial charge in [0.1, 0.15) is 12.4 Å². The number of imidazole rings is 1. The minimum atomic E-state index is 0.259. The summed E-state index contributed by atoms with van der Waals surface area (Å²) >= 11 is 0. The van der Waals surface area contributed by atoms with Gasteiger partial charge in [0.25, 0.3) is 0 Å². The lowest BCUT2D eigenvalue weighted by Crippen LogP contribution is -2.21. The molecule has 0 amide bonds. The zero-order valence-electron chi connectivity index (χ0n) is 10.7. The van der Waals surface area contributed by atoms with Crippen molar-refractivity contribution < 1.29 is 4.74 Å². The molecule has 4 nitrogen and oxygen atoms in total. The van der Waals surface area contributed by atoms with Crippen molar-refractivity contribution in [3.63, 3.8) is 0 Å². The largest absolute Gasteiger partial charge is 0.491 e. The lowest BCUT2D eigenvalue weighted by molar-refractivity contribution is 0.314. The number of nitrogens with zero attached hydrogens (tertiary/aromatic N) is 2. The summed E-state index contributed by atoms with van der Waals surface area (Å²) in [6.07, 6.45) is 6.49. The maximum Gasteiger partial charge on any atom is 0.124 e. The van der Waals surface area contributed by atoms with Gasteiger partial charge in [0.05, 0.1) is 18.1 Å². The lowest BCUT2D eigenvalue weighted by atomic mass is 10.1. The van der Waals surface area contributed by atoms with Crippen LogP contribution in [0.5, 0.6) is 5.75 Å². The third-order valence-electron chi connectivity index (χ3n) is 3.91. The van der Waals surface area contributed by atoms with Crippen molar-refractivity contribution in [1.82, 2.24) is 14.9 Å². The fraction of sp³-hybridized carbons (Fsp3) is 0.400. The normalized spacial score (nSPS) is 21.2. The molecule has 4 rings (SSSR count). The molecule has 1 saturated carbocycles. The van der Waals surface area contributed by atoms with E-state index in [-0.39, 0.29) is 6.04 Å². The molecule has 2 aromatic rings. The second-order valence-corrected chi connectivity index (χ2v) is 5.31. The number of ether oxygens (including phenoxy) is 1. The van der Waals surface area contributed by atoms with Crippen LogP contribution in [0.3, 0.4) is 0 Å². The van der Waals surface area contributed by atoms with E-state index in [2.05, 4.69) is 27.0 Å². The first kappa shape index (κ1) is 11.1. The van der Waals surface area contributed by atoms with Crippen LogP contribution in [0.15, 0.2) is 36.8 Å². The van der Waals surface area contributed by atoms with E-state index in [0.717, 1.165) is 18.3 Å². The Morgan fingerprint density at radius 2 is 2.21 bits per heavy atom. The number of aromatic nitrogens is 2. The Balaban J connectivity index is 1.60. The average Bonchev–Trinajstić information content (AvgIpc) is 3.00. The van der Waals surface area contributed by atoms with Crippen molar-refractivity contribution in [2.45, 2.75) is 31.5 Å². The topological polar surface area (TPSA) is 39.1 Å². The van der Waals surface area contributed by atoms with Crippen molar-refractivity contribution in [3.8, 4) is 5.75 Å². The number of hydrogen-bond donors (Lipinski definition) is 1. The summed E-state index contributed by atoms with van der Waals surface area (Å²) in [7, 11) is 0. The fourth-order valence-electron chi connectivity index (χ4n) is 2.66. The Morgan fingerprint density at radius 1 is 1.32 bits per heavy atom. The first-order chi connectivity index (χ1) is 9.42. The van der Waals surface area contributed by atoms with Crippen molar-refractivity contribution in [1.29, 1.82) is 0 Å². The van der Waals surface area contributed by atoms with Crippen LogP contribution in [0.25, 0.3) is 0 Å². The standard InChI is InChI=1S/C15H17N3O/c1-2-4-15-13(3-1)14(9-19-15)18-10-16-7-12(18)8-17-11-5-6-11/h1-4,7,10-11,14,17H,5-6,8-9H2. The predicted octanol–water partition coefficient (Wildman–Crippen LogP) is 2.12. The van der Waals surface area contributed by atoms with Gasteiger partial charge >= 0.3 is 0 Å². The molecule has 1 aliphatic heterocycles. The molecule has 1 aromatic heterocycles. The van der Waals surface area contributed by atoms with Crippen molar-refractivity contribution in [2.75, 3.05) is 6.61 Å². The molecule has 1 N–H and O–H groups in total. The van der Waals surface area contributed by atoms with Crippen LogP contribution in [-0.2, 0) is 6.54 Å². The van der Waals surface area contributed by atoms with Gasteiger partial charge in [0.15, 0.2) is 0 Å². The monoisotopic (exact) mass is 255 g/mol. The summed E-state index contributed by atoms with van der Waals surface area (Å²) in [5.41, 5.74) is 2.49. The Bertz CT molecular complexity index is 589. The van der Waals surface area contributed by atoms with Gasteiger partial charge < -0.3 is 14.6 Å². The maximum absolute atomic E-state index is 5.76. The average molecular weight is 255 g/mol. The summed E-state index contributed by atoms with van der Waals surface area (Å²) in [6.45, 7) is 1.59. The molecule has 19 heavy (non-hydrogen) atoms. The zero-order chi connectivity index (χ0) is 12.7. The van der Waals surface area contributed by atoms with Crippen LogP contribution in [-0.4, -0.2) is 22.2 Å². The Labute approximate surface area is 112 Å². The maximum atomic E-state index is 5.76. The molecule has 1 unspecified atom stereocenters. The van der Waals surface area contributed by atoms with E-state index >= 15 is 0 Å². The molecule has 0 spiro atoms. The Kier molecular flexibility index (Phi) is 2.55. The van der Waals surface area contributed by atoms with Gasteiger partial charge in [-0.1, -0.05) is 18.2 Å². The molecule has 1 aliphatic carbocycles. The van der Waals surface area contributed by atoms with Crippen molar-refractivity contribution >= 4 is 0 Å². The highest BCUT2D eigenvalue weighted by atomic mass is 16.5. The number of para-hydroxylation sites is 1. The van der Waals surface area contributed by atoms with Gasteiger partial charge in [-0.15, -0.1) is 0 Å². The van der Waals surface area contributed by atoms with Crippen LogP contribution in [0.4, 0.5) is 0 Å². The smallest absolute Gasteiger partial charge is 0.124 e. The first-order valence-electron chi connectivity index (χ1n) is 6.87. The van der Waals surface area contributed by atoms with Gasteiger partial charge in [-0.05, 0) is 18.9 Å². The number of fused-ring (bicyclic) bond motifs is 1. The quantitative estimate of drug-likeness (QED) is 0.909. The first-order valence-corrected chi connectivity index (χ1v) is 6.87. The second-order valence-electron chi connectivity index (χ2n) is 5.31. The third-order valence-corrected chi connectivity index (χ3v) is 3.91. The number of nitrogens with one attached hydrogen (secondary N) is 1. The van der Waals surface area contributed by atoms with Gasteiger partial charge in [-0.2, -0.15) is 0 Å². The Morgan fingerprint density at radius 3 is 3.11 bits per heavy atom. The molecule has 0 bridgehead atoms. The van der Waals surface area contributed by atoms with E-state index < -0.39 is 0 Å². The summed E-state index contributed by atoms with van der Waals surface area (Å²) < 4.78 is 8.00. The molecule has 1 fully saturated rings. The fourth-order valence-corrected chi connectivity index (χ4v) is 2.66. The molecule has 2 heterocycles. The van der Waals surface area contributed by atoms with E-state index in [1.54, 1.807) is 0 Å². The van der Waals surface area contributed by atoms with Crippen LogP contribution >= 0.6 is 0 Å². The van der Waals surface area contributed by atoms with E-state index in [1.165, 1.54) is 24.1 Å².